The smallest absolute Gasteiger partial charge is 0.338 e. The predicted molar refractivity (Wildman–Crippen MR) is 130 cm³/mol. The molecule has 0 spiro atoms. The predicted octanol–water partition coefficient (Wildman–Crippen LogP) is 5.26. The number of rotatable bonds is 9. The molecule has 34 heavy (non-hydrogen) atoms. The number of amides is 2. The molecule has 176 valence electrons. The Hall–Kier alpha value is -3.52. The molecule has 1 aliphatic heterocycles. The zero-order chi connectivity index (χ0) is 23.9. The molecule has 3 aromatic rings. The van der Waals surface area contributed by atoms with Crippen molar-refractivity contribution in [1.82, 2.24) is 4.90 Å². The van der Waals surface area contributed by atoms with Crippen molar-refractivity contribution in [2.75, 3.05) is 17.7 Å². The average Bonchev–Trinajstić information content (AvgIpc) is 3.50. The van der Waals surface area contributed by atoms with E-state index >= 15 is 0 Å². The van der Waals surface area contributed by atoms with Gasteiger partial charge in [0.1, 0.15) is 11.1 Å². The van der Waals surface area contributed by atoms with Gasteiger partial charge in [-0.1, -0.05) is 25.5 Å². The Labute approximate surface area is 202 Å². The SMILES string of the molecule is CCCCOC(=O)c1ccc(NC(=O)c2ccc([C@@H]3SCC(=O)N3Cc3ccco3)cc2)cc1. The third-order valence-electron chi connectivity index (χ3n) is 5.44. The van der Waals surface area contributed by atoms with Crippen LogP contribution in [0.5, 0.6) is 0 Å². The number of thioether (sulfide) groups is 1. The highest BCUT2D eigenvalue weighted by Gasteiger charge is 2.33. The van der Waals surface area contributed by atoms with E-state index in [4.69, 9.17) is 9.15 Å². The van der Waals surface area contributed by atoms with E-state index in [1.807, 2.05) is 25.1 Å². The number of anilines is 1. The summed E-state index contributed by atoms with van der Waals surface area (Å²) in [5.41, 5.74) is 2.48. The lowest BCUT2D eigenvalue weighted by atomic mass is 10.1. The van der Waals surface area contributed by atoms with Crippen molar-refractivity contribution in [2.24, 2.45) is 0 Å². The van der Waals surface area contributed by atoms with Crippen molar-refractivity contribution in [1.29, 1.82) is 0 Å². The number of nitrogens with one attached hydrogen (secondary N) is 1. The molecule has 1 saturated heterocycles. The maximum absolute atomic E-state index is 12.7. The van der Waals surface area contributed by atoms with Gasteiger partial charge < -0.3 is 19.4 Å². The van der Waals surface area contributed by atoms with Gasteiger partial charge in [-0.3, -0.25) is 9.59 Å². The third kappa shape index (κ3) is 5.69. The van der Waals surface area contributed by atoms with Crippen LogP contribution in [0, 0.1) is 0 Å². The number of benzene rings is 2. The van der Waals surface area contributed by atoms with Crippen molar-refractivity contribution in [3.63, 3.8) is 0 Å². The molecule has 8 heteroatoms. The van der Waals surface area contributed by atoms with Gasteiger partial charge in [0.15, 0.2) is 0 Å². The summed E-state index contributed by atoms with van der Waals surface area (Å²) in [6.07, 6.45) is 3.38. The Morgan fingerprint density at radius 2 is 1.82 bits per heavy atom. The van der Waals surface area contributed by atoms with Crippen LogP contribution in [0.15, 0.2) is 71.3 Å². The molecule has 2 aromatic carbocycles. The van der Waals surface area contributed by atoms with Crippen molar-refractivity contribution in [3.05, 3.63) is 89.4 Å². The number of furan rings is 1. The highest BCUT2D eigenvalue weighted by atomic mass is 32.2. The monoisotopic (exact) mass is 478 g/mol. The lowest BCUT2D eigenvalue weighted by molar-refractivity contribution is -0.128. The molecule has 0 unspecified atom stereocenters. The molecule has 7 nitrogen and oxygen atoms in total. The summed E-state index contributed by atoms with van der Waals surface area (Å²) in [4.78, 5) is 38.8. The first kappa shape index (κ1) is 23.6. The van der Waals surface area contributed by atoms with Crippen LogP contribution >= 0.6 is 11.8 Å². The first-order chi connectivity index (χ1) is 16.5. The molecule has 1 aliphatic rings. The molecule has 1 aromatic heterocycles. The van der Waals surface area contributed by atoms with E-state index < -0.39 is 0 Å². The number of ether oxygens (including phenoxy) is 1. The minimum absolute atomic E-state index is 0.0610. The summed E-state index contributed by atoms with van der Waals surface area (Å²) in [6, 6.07) is 17.5. The number of unbranched alkanes of at least 4 members (excludes halogenated alkanes) is 1. The van der Waals surface area contributed by atoms with Gasteiger partial charge in [-0.2, -0.15) is 0 Å². The van der Waals surface area contributed by atoms with Gasteiger partial charge in [0, 0.05) is 11.3 Å². The van der Waals surface area contributed by atoms with Crippen LogP contribution in [0.4, 0.5) is 5.69 Å². The molecular weight excluding hydrogens is 452 g/mol. The highest BCUT2D eigenvalue weighted by molar-refractivity contribution is 8.00. The lowest BCUT2D eigenvalue weighted by Gasteiger charge is -2.23. The summed E-state index contributed by atoms with van der Waals surface area (Å²) < 4.78 is 10.6. The maximum Gasteiger partial charge on any atom is 0.338 e. The van der Waals surface area contributed by atoms with Gasteiger partial charge in [0.2, 0.25) is 5.91 Å². The molecule has 1 atom stereocenters. The van der Waals surface area contributed by atoms with Gasteiger partial charge in [-0.25, -0.2) is 4.79 Å². The fourth-order valence-corrected chi connectivity index (χ4v) is 4.74. The molecule has 0 radical (unpaired) electrons. The lowest BCUT2D eigenvalue weighted by Crippen LogP contribution is -2.27. The first-order valence-electron chi connectivity index (χ1n) is 11.2. The standard InChI is InChI=1S/C26H26N2O5S/c1-2-3-14-33-26(31)20-10-12-21(13-11-20)27-24(30)18-6-8-19(9-7-18)25-28(23(29)17-34-25)16-22-5-4-15-32-22/h4-13,15,25H,2-3,14,16-17H2,1H3,(H,27,30)/t25-/m0/s1. The second-order valence-corrected chi connectivity index (χ2v) is 8.98. The van der Waals surface area contributed by atoms with Crippen LogP contribution in [0.25, 0.3) is 0 Å². The molecule has 0 saturated carbocycles. The number of nitrogens with zero attached hydrogens (tertiary/aromatic N) is 1. The molecular formula is C26H26N2O5S. The largest absolute Gasteiger partial charge is 0.467 e. The van der Waals surface area contributed by atoms with Crippen LogP contribution < -0.4 is 5.32 Å². The van der Waals surface area contributed by atoms with Gasteiger partial charge in [-0.15, -0.1) is 11.8 Å². The van der Waals surface area contributed by atoms with Crippen LogP contribution in [-0.2, 0) is 16.1 Å². The van der Waals surface area contributed by atoms with Crippen molar-refractivity contribution in [3.8, 4) is 0 Å². The normalized spacial score (nSPS) is 15.4. The molecule has 1 fully saturated rings. The summed E-state index contributed by atoms with van der Waals surface area (Å²) >= 11 is 1.56. The van der Waals surface area contributed by atoms with Gasteiger partial charge in [-0.05, 0) is 60.5 Å². The fraction of sp³-hybridized carbons (Fsp3) is 0.269. The Morgan fingerprint density at radius 1 is 1.09 bits per heavy atom. The molecule has 1 N–H and O–H groups in total. The van der Waals surface area contributed by atoms with Crippen LogP contribution in [0.1, 0.15) is 57.2 Å². The second kappa shape index (κ2) is 11.1. The highest BCUT2D eigenvalue weighted by Crippen LogP contribution is 2.39. The quantitative estimate of drug-likeness (QED) is 0.333. The molecule has 0 aliphatic carbocycles. The summed E-state index contributed by atoms with van der Waals surface area (Å²) in [5, 5.41) is 2.71. The summed E-state index contributed by atoms with van der Waals surface area (Å²) in [7, 11) is 0. The third-order valence-corrected chi connectivity index (χ3v) is 6.70. The van der Waals surface area contributed by atoms with Crippen molar-refractivity contribution >= 4 is 35.2 Å². The zero-order valence-corrected chi connectivity index (χ0v) is 19.7. The van der Waals surface area contributed by atoms with E-state index in [1.165, 1.54) is 0 Å². The number of hydrogen-bond donors (Lipinski definition) is 1. The molecule has 2 amide bonds. The van der Waals surface area contributed by atoms with E-state index in [2.05, 4.69) is 5.32 Å². The van der Waals surface area contributed by atoms with Crippen LogP contribution in [0.2, 0.25) is 0 Å². The zero-order valence-electron chi connectivity index (χ0n) is 18.9. The van der Waals surface area contributed by atoms with Crippen LogP contribution in [-0.4, -0.2) is 35.0 Å². The van der Waals surface area contributed by atoms with Crippen molar-refractivity contribution < 1.29 is 23.5 Å². The van der Waals surface area contributed by atoms with E-state index in [1.54, 1.807) is 65.4 Å². The minimum Gasteiger partial charge on any atom is -0.467 e. The number of carbonyl (C=O) groups excluding carboxylic acids is 3. The first-order valence-corrected chi connectivity index (χ1v) is 12.2. The average molecular weight is 479 g/mol. The summed E-state index contributed by atoms with van der Waals surface area (Å²) in [5.74, 6) is 0.581. The van der Waals surface area contributed by atoms with E-state index in [-0.39, 0.29) is 23.2 Å². The Kier molecular flexibility index (Phi) is 7.69. The topological polar surface area (TPSA) is 88.8 Å². The molecule has 4 rings (SSSR count). The second-order valence-electron chi connectivity index (χ2n) is 7.91. The minimum atomic E-state index is -0.369. The van der Waals surface area contributed by atoms with Gasteiger partial charge >= 0.3 is 5.97 Å². The summed E-state index contributed by atoms with van der Waals surface area (Å²) in [6.45, 7) is 2.84. The van der Waals surface area contributed by atoms with Crippen molar-refractivity contribution in [2.45, 2.75) is 31.7 Å². The maximum atomic E-state index is 12.7. The number of esters is 1. The Balaban J connectivity index is 1.36. The van der Waals surface area contributed by atoms with Crippen LogP contribution in [0.3, 0.4) is 0 Å². The van der Waals surface area contributed by atoms with E-state index in [0.717, 1.165) is 24.2 Å². The van der Waals surface area contributed by atoms with E-state index in [0.29, 0.717) is 35.7 Å². The fourth-order valence-electron chi connectivity index (χ4n) is 3.56. The van der Waals surface area contributed by atoms with Gasteiger partial charge in [0.25, 0.3) is 5.91 Å². The number of carbonyl (C=O) groups is 3. The molecule has 0 bridgehead atoms. The van der Waals surface area contributed by atoms with E-state index in [9.17, 15) is 14.4 Å². The Bertz CT molecular complexity index is 1130. The molecule has 2 heterocycles. The number of hydrogen-bond acceptors (Lipinski definition) is 6. The Morgan fingerprint density at radius 3 is 2.50 bits per heavy atom. The van der Waals surface area contributed by atoms with Gasteiger partial charge in [0.05, 0.1) is 30.7 Å².